The zero-order valence-electron chi connectivity index (χ0n) is 27.7. The van der Waals surface area contributed by atoms with Crippen molar-refractivity contribution in [1.82, 2.24) is 10.2 Å². The van der Waals surface area contributed by atoms with Gasteiger partial charge in [0.05, 0.1) is 0 Å². The number of amidine groups is 1. The minimum atomic E-state index is -0.514. The molecule has 2 fully saturated rings. The second-order valence-electron chi connectivity index (χ2n) is 13.2. The van der Waals surface area contributed by atoms with Crippen LogP contribution in [0.2, 0.25) is 0 Å². The maximum absolute atomic E-state index is 13.7. The molecule has 2 aliphatic heterocycles. The second-order valence-corrected chi connectivity index (χ2v) is 13.2. The average Bonchev–Trinajstić information content (AvgIpc) is 3.67. The van der Waals surface area contributed by atoms with Crippen molar-refractivity contribution < 1.29 is 14.4 Å². The molecule has 10 nitrogen and oxygen atoms in total. The van der Waals surface area contributed by atoms with E-state index in [0.717, 1.165) is 79.7 Å². The van der Waals surface area contributed by atoms with Crippen molar-refractivity contribution in [2.45, 2.75) is 45.4 Å². The first kappa shape index (κ1) is 33.4. The van der Waals surface area contributed by atoms with Gasteiger partial charge in [0.2, 0.25) is 5.91 Å². The number of anilines is 1. The lowest BCUT2D eigenvalue weighted by Crippen LogP contribution is -2.46. The van der Waals surface area contributed by atoms with Gasteiger partial charge in [0.15, 0.2) is 12.5 Å². The molecule has 6 rings (SSSR count). The smallest absolute Gasteiger partial charge is 0.253 e. The van der Waals surface area contributed by atoms with Gasteiger partial charge in [-0.15, -0.1) is 5.11 Å². The normalized spacial score (nSPS) is 19.9. The Balaban J connectivity index is 1.15. The van der Waals surface area contributed by atoms with Crippen LogP contribution < -0.4 is 16.4 Å². The van der Waals surface area contributed by atoms with Crippen molar-refractivity contribution in [1.29, 1.82) is 0 Å². The SMILES string of the molecule is Cc1cc(C(=O)N2CCNCC2)ccc1-c1ccc(C[C@H](CC(=O)C2CCC(CN)CC2)C(=O)Nc2ccc(C3=NCN=N3)cc2)cc1. The first-order chi connectivity index (χ1) is 23.4. The van der Waals surface area contributed by atoms with Crippen molar-refractivity contribution in [3.63, 3.8) is 0 Å². The number of azo groups is 1. The van der Waals surface area contributed by atoms with Gasteiger partial charge < -0.3 is 21.3 Å². The van der Waals surface area contributed by atoms with E-state index in [1.54, 1.807) is 0 Å². The Bertz CT molecular complexity index is 1670. The van der Waals surface area contributed by atoms with Gasteiger partial charge >= 0.3 is 0 Å². The molecule has 2 amide bonds. The molecular weight excluding hydrogens is 602 g/mol. The molecule has 0 aromatic heterocycles. The van der Waals surface area contributed by atoms with E-state index in [4.69, 9.17) is 5.73 Å². The molecule has 10 heteroatoms. The molecular formula is C38H45N7O3. The lowest BCUT2D eigenvalue weighted by atomic mass is 9.77. The zero-order valence-corrected chi connectivity index (χ0v) is 27.7. The minimum Gasteiger partial charge on any atom is -0.336 e. The highest BCUT2D eigenvalue weighted by atomic mass is 16.2. The first-order valence-electron chi connectivity index (χ1n) is 17.1. The lowest BCUT2D eigenvalue weighted by Gasteiger charge is -2.28. The van der Waals surface area contributed by atoms with Gasteiger partial charge in [-0.1, -0.05) is 30.3 Å². The number of nitrogens with zero attached hydrogens (tertiary/aromatic N) is 4. The molecule has 1 saturated carbocycles. The van der Waals surface area contributed by atoms with E-state index in [2.05, 4.69) is 38.0 Å². The summed E-state index contributed by atoms with van der Waals surface area (Å²) in [5, 5.41) is 14.3. The molecule has 48 heavy (non-hydrogen) atoms. The number of carbonyl (C=O) groups excluding carboxylic acids is 3. The molecule has 3 aromatic rings. The Kier molecular flexibility index (Phi) is 10.8. The molecule has 3 aliphatic rings. The number of rotatable bonds is 11. The average molecular weight is 648 g/mol. The number of Topliss-reactive ketones (excluding diaryl/α,β-unsaturated/α-hetero) is 1. The molecule has 2 heterocycles. The van der Waals surface area contributed by atoms with Crippen LogP contribution in [0.1, 0.15) is 59.2 Å². The van der Waals surface area contributed by atoms with E-state index in [0.29, 0.717) is 42.6 Å². The molecule has 0 radical (unpaired) electrons. The molecule has 0 spiro atoms. The summed E-state index contributed by atoms with van der Waals surface area (Å²) in [6.07, 6.45) is 4.25. The highest BCUT2D eigenvalue weighted by Crippen LogP contribution is 2.32. The summed E-state index contributed by atoms with van der Waals surface area (Å²) >= 11 is 0. The van der Waals surface area contributed by atoms with Gasteiger partial charge in [0.1, 0.15) is 5.78 Å². The topological polar surface area (TPSA) is 142 Å². The fourth-order valence-electron chi connectivity index (χ4n) is 6.99. The first-order valence-corrected chi connectivity index (χ1v) is 17.1. The van der Waals surface area contributed by atoms with Crippen LogP contribution in [-0.4, -0.2) is 67.7 Å². The summed E-state index contributed by atoms with van der Waals surface area (Å²) in [6, 6.07) is 21.5. The van der Waals surface area contributed by atoms with Gasteiger partial charge in [-0.25, -0.2) is 4.99 Å². The molecule has 0 unspecified atom stereocenters. The molecule has 250 valence electrons. The summed E-state index contributed by atoms with van der Waals surface area (Å²) < 4.78 is 0. The number of carbonyl (C=O) groups is 3. The Morgan fingerprint density at radius 2 is 1.65 bits per heavy atom. The maximum Gasteiger partial charge on any atom is 0.253 e. The molecule has 1 atom stereocenters. The number of aryl methyl sites for hydroxylation is 1. The summed E-state index contributed by atoms with van der Waals surface area (Å²) in [5.41, 5.74) is 12.2. The van der Waals surface area contributed by atoms with Crippen LogP contribution >= 0.6 is 0 Å². The van der Waals surface area contributed by atoms with E-state index < -0.39 is 5.92 Å². The third-order valence-corrected chi connectivity index (χ3v) is 9.94. The van der Waals surface area contributed by atoms with Gasteiger partial charge in [-0.3, -0.25) is 14.4 Å². The third-order valence-electron chi connectivity index (χ3n) is 9.94. The van der Waals surface area contributed by atoms with Crippen LogP contribution in [0.3, 0.4) is 0 Å². The number of nitrogens with one attached hydrogen (secondary N) is 2. The van der Waals surface area contributed by atoms with Crippen LogP contribution in [0.15, 0.2) is 82.0 Å². The summed E-state index contributed by atoms with van der Waals surface area (Å²) in [6.45, 7) is 6.10. The number of nitrogens with two attached hydrogens (primary N) is 1. The number of amides is 2. The largest absolute Gasteiger partial charge is 0.336 e. The van der Waals surface area contributed by atoms with Gasteiger partial charge in [0.25, 0.3) is 5.91 Å². The fraction of sp³-hybridized carbons (Fsp3) is 0.421. The minimum absolute atomic E-state index is 0.0180. The van der Waals surface area contributed by atoms with Gasteiger partial charge in [-0.05, 0) is 110 Å². The number of hydrogen-bond acceptors (Lipinski definition) is 8. The second kappa shape index (κ2) is 15.6. The number of benzene rings is 3. The van der Waals surface area contributed by atoms with Gasteiger partial charge in [0, 0.05) is 61.2 Å². The number of ketones is 1. The Morgan fingerprint density at radius 3 is 2.29 bits per heavy atom. The van der Waals surface area contributed by atoms with E-state index in [1.165, 1.54) is 0 Å². The molecule has 1 saturated heterocycles. The number of hydrogen-bond donors (Lipinski definition) is 3. The van der Waals surface area contributed by atoms with Gasteiger partial charge in [-0.2, -0.15) is 5.11 Å². The summed E-state index contributed by atoms with van der Waals surface area (Å²) in [7, 11) is 0. The quantitative estimate of drug-likeness (QED) is 0.256. The molecule has 3 aromatic carbocycles. The highest BCUT2D eigenvalue weighted by Gasteiger charge is 2.30. The molecule has 0 bridgehead atoms. The third kappa shape index (κ3) is 8.11. The lowest BCUT2D eigenvalue weighted by molar-refractivity contribution is -0.129. The fourth-order valence-corrected chi connectivity index (χ4v) is 6.99. The van der Waals surface area contributed by atoms with Crippen LogP contribution in [-0.2, 0) is 16.0 Å². The Hall–Kier alpha value is -4.54. The standard InChI is InChI=1S/C38H45N7O3/c1-25-20-31(38(48)45-18-16-40-17-19-45)12-15-34(25)28-6-2-26(3-7-28)21-32(22-35(46)29-8-4-27(23-39)5-9-29)37(47)43-33-13-10-30(11-14-33)36-41-24-42-44-36/h2-3,6-7,10-15,20,27,29,32,40H,4-5,8-9,16-19,21-24,39H2,1H3,(H,43,47)/t27?,29?,32-/m1/s1. The van der Waals surface area contributed by atoms with Crippen LogP contribution in [0, 0.1) is 24.7 Å². The van der Waals surface area contributed by atoms with Crippen LogP contribution in [0.5, 0.6) is 0 Å². The van der Waals surface area contributed by atoms with Crippen molar-refractivity contribution in [2.24, 2.45) is 38.7 Å². The van der Waals surface area contributed by atoms with E-state index in [9.17, 15) is 14.4 Å². The van der Waals surface area contributed by atoms with E-state index >= 15 is 0 Å². The van der Waals surface area contributed by atoms with Crippen molar-refractivity contribution in [3.8, 4) is 11.1 Å². The Morgan fingerprint density at radius 1 is 0.938 bits per heavy atom. The maximum atomic E-state index is 13.7. The highest BCUT2D eigenvalue weighted by molar-refractivity contribution is 6.01. The number of aliphatic imine (C=N–C) groups is 1. The predicted molar refractivity (Wildman–Crippen MR) is 188 cm³/mol. The molecule has 1 aliphatic carbocycles. The van der Waals surface area contributed by atoms with Crippen molar-refractivity contribution in [2.75, 3.05) is 44.7 Å². The summed E-state index contributed by atoms with van der Waals surface area (Å²) in [5.74, 6) is 0.592. The van der Waals surface area contributed by atoms with Crippen molar-refractivity contribution in [3.05, 3.63) is 89.0 Å². The summed E-state index contributed by atoms with van der Waals surface area (Å²) in [4.78, 5) is 46.4. The zero-order chi connectivity index (χ0) is 33.5. The van der Waals surface area contributed by atoms with Crippen LogP contribution in [0.25, 0.3) is 11.1 Å². The number of piperazine rings is 1. The molecule has 4 N–H and O–H groups in total. The van der Waals surface area contributed by atoms with E-state index in [1.807, 2.05) is 66.4 Å². The predicted octanol–water partition coefficient (Wildman–Crippen LogP) is 5.40. The van der Waals surface area contributed by atoms with Crippen LogP contribution in [0.4, 0.5) is 5.69 Å². The monoisotopic (exact) mass is 647 g/mol. The van der Waals surface area contributed by atoms with Crippen molar-refractivity contribution >= 4 is 29.1 Å². The Labute approximate surface area is 282 Å². The van der Waals surface area contributed by atoms with E-state index in [-0.39, 0.29) is 29.9 Å².